The summed E-state index contributed by atoms with van der Waals surface area (Å²) in [6.45, 7) is 9.32. The zero-order valence-corrected chi connectivity index (χ0v) is 13.7. The van der Waals surface area contributed by atoms with Crippen LogP contribution in [0.5, 0.6) is 0 Å². The quantitative estimate of drug-likeness (QED) is 0.607. The number of esters is 1. The Balaban J connectivity index is 2.51. The maximum Gasteiger partial charge on any atom is 0.302 e. The lowest BCUT2D eigenvalue weighted by Gasteiger charge is -2.39. The molecule has 2 N–H and O–H groups in total. The highest BCUT2D eigenvalue weighted by atomic mass is 16.5. The molecule has 2 aliphatic carbocycles. The average Bonchev–Trinajstić information content (AvgIpc) is 2.56. The van der Waals surface area contributed by atoms with Crippen LogP contribution in [-0.2, 0) is 9.53 Å². The number of ether oxygens (including phenoxy) is 1. The van der Waals surface area contributed by atoms with Crippen LogP contribution in [0.1, 0.15) is 53.9 Å². The van der Waals surface area contributed by atoms with Gasteiger partial charge in [0.15, 0.2) is 0 Å². The molecule has 4 heteroatoms. The Morgan fingerprint density at radius 2 is 2.05 bits per heavy atom. The number of aliphatic hydroxyl groups is 2. The van der Waals surface area contributed by atoms with Crippen LogP contribution in [0, 0.1) is 17.8 Å². The second kappa shape index (κ2) is 5.73. The van der Waals surface area contributed by atoms with Crippen molar-refractivity contribution in [3.8, 4) is 0 Å². The molecule has 5 unspecified atom stereocenters. The van der Waals surface area contributed by atoms with Gasteiger partial charge in [-0.2, -0.15) is 0 Å². The third-order valence-corrected chi connectivity index (χ3v) is 5.23. The van der Waals surface area contributed by atoms with E-state index in [0.29, 0.717) is 12.8 Å². The molecular weight excluding hydrogens is 268 g/mol. The third-order valence-electron chi connectivity index (χ3n) is 5.23. The van der Waals surface area contributed by atoms with Gasteiger partial charge >= 0.3 is 5.97 Å². The van der Waals surface area contributed by atoms with Gasteiger partial charge in [0.25, 0.3) is 0 Å². The predicted octanol–water partition coefficient (Wildman–Crippen LogP) is 2.43. The average molecular weight is 296 g/mol. The van der Waals surface area contributed by atoms with Gasteiger partial charge in [0.1, 0.15) is 6.10 Å². The first-order valence-electron chi connectivity index (χ1n) is 7.91. The minimum Gasteiger partial charge on any atom is -0.461 e. The molecule has 0 saturated heterocycles. The molecule has 1 fully saturated rings. The predicted molar refractivity (Wildman–Crippen MR) is 80.6 cm³/mol. The van der Waals surface area contributed by atoms with Gasteiger partial charge in [0.05, 0.1) is 11.7 Å². The van der Waals surface area contributed by atoms with Crippen molar-refractivity contribution in [2.75, 3.05) is 0 Å². The van der Waals surface area contributed by atoms with Gasteiger partial charge in [-0.3, -0.25) is 4.79 Å². The van der Waals surface area contributed by atoms with Crippen molar-refractivity contribution in [1.82, 2.24) is 0 Å². The molecule has 120 valence electrons. The summed E-state index contributed by atoms with van der Waals surface area (Å²) in [6, 6.07) is 0. The molecule has 0 aromatic rings. The molecule has 4 nitrogen and oxygen atoms in total. The van der Waals surface area contributed by atoms with E-state index in [-0.39, 0.29) is 23.7 Å². The molecular formula is C17H28O4. The summed E-state index contributed by atoms with van der Waals surface area (Å²) in [5.74, 6) is -0.533. The number of fused-ring (bicyclic) bond motifs is 1. The summed E-state index contributed by atoms with van der Waals surface area (Å²) in [7, 11) is 0. The molecule has 0 amide bonds. The number of rotatable bonds is 2. The van der Waals surface area contributed by atoms with E-state index in [9.17, 15) is 15.0 Å². The second-order valence-corrected chi connectivity index (χ2v) is 7.31. The molecule has 1 saturated carbocycles. The Morgan fingerprint density at radius 3 is 2.57 bits per heavy atom. The Kier molecular flexibility index (Phi) is 4.50. The molecule has 0 aliphatic heterocycles. The molecule has 5 atom stereocenters. The summed E-state index contributed by atoms with van der Waals surface area (Å²) in [4.78, 5) is 11.6. The van der Waals surface area contributed by atoms with Crippen LogP contribution in [0.2, 0.25) is 0 Å². The van der Waals surface area contributed by atoms with Crippen molar-refractivity contribution in [3.63, 3.8) is 0 Å². The van der Waals surface area contributed by atoms with Crippen LogP contribution >= 0.6 is 0 Å². The standard InChI is InChI=1S/C17H28O4/c1-9(2)14-13(19)8-10(3)12-6-7-17(5,20)15(12)16(14)21-11(4)18/h9,13-16,19-20H,6-8H2,1-5H3. The highest BCUT2D eigenvalue weighted by Gasteiger charge is 2.52. The van der Waals surface area contributed by atoms with Crippen LogP contribution < -0.4 is 0 Å². The molecule has 0 spiro atoms. The smallest absolute Gasteiger partial charge is 0.302 e. The second-order valence-electron chi connectivity index (χ2n) is 7.31. The minimum absolute atomic E-state index is 0.157. The molecule has 2 aliphatic rings. The summed E-state index contributed by atoms with van der Waals surface area (Å²) in [5.41, 5.74) is 1.44. The van der Waals surface area contributed by atoms with Crippen molar-refractivity contribution < 1.29 is 19.7 Å². The highest BCUT2D eigenvalue weighted by Crippen LogP contribution is 2.50. The van der Waals surface area contributed by atoms with Crippen molar-refractivity contribution in [2.24, 2.45) is 17.8 Å². The number of aliphatic hydroxyl groups excluding tert-OH is 1. The SMILES string of the molecule is CC(=O)OC1C(C(C)C)C(O)CC(C)=C2CCC(C)(O)C21. The Labute approximate surface area is 127 Å². The van der Waals surface area contributed by atoms with Crippen molar-refractivity contribution >= 4 is 5.97 Å². The molecule has 0 bridgehead atoms. The first-order valence-corrected chi connectivity index (χ1v) is 7.91. The van der Waals surface area contributed by atoms with E-state index in [2.05, 4.69) is 0 Å². The normalized spacial score (nSPS) is 40.2. The summed E-state index contributed by atoms with van der Waals surface area (Å²) in [6.07, 6.45) is 1.11. The van der Waals surface area contributed by atoms with Gasteiger partial charge in [-0.25, -0.2) is 0 Å². The van der Waals surface area contributed by atoms with Crippen molar-refractivity contribution in [3.05, 3.63) is 11.1 Å². The number of hydrogen-bond acceptors (Lipinski definition) is 4. The van der Waals surface area contributed by atoms with E-state index in [0.717, 1.165) is 12.0 Å². The van der Waals surface area contributed by atoms with Crippen LogP contribution in [0.15, 0.2) is 11.1 Å². The molecule has 0 radical (unpaired) electrons. The fourth-order valence-corrected chi connectivity index (χ4v) is 4.29. The maximum atomic E-state index is 11.6. The summed E-state index contributed by atoms with van der Waals surface area (Å²) < 4.78 is 5.62. The number of carbonyl (C=O) groups is 1. The monoisotopic (exact) mass is 296 g/mol. The zero-order chi connectivity index (χ0) is 15.9. The largest absolute Gasteiger partial charge is 0.461 e. The first-order chi connectivity index (χ1) is 9.65. The van der Waals surface area contributed by atoms with E-state index in [1.807, 2.05) is 27.7 Å². The third kappa shape index (κ3) is 3.02. The lowest BCUT2D eigenvalue weighted by Crippen LogP contribution is -2.47. The van der Waals surface area contributed by atoms with Gasteiger partial charge in [-0.1, -0.05) is 25.0 Å². The molecule has 2 rings (SSSR count). The summed E-state index contributed by atoms with van der Waals surface area (Å²) >= 11 is 0. The molecule has 0 heterocycles. The van der Waals surface area contributed by atoms with Gasteiger partial charge in [0.2, 0.25) is 0 Å². The maximum absolute atomic E-state index is 11.6. The first kappa shape index (κ1) is 16.5. The Morgan fingerprint density at radius 1 is 1.43 bits per heavy atom. The fraction of sp³-hybridized carbons (Fsp3) is 0.824. The van der Waals surface area contributed by atoms with E-state index in [1.54, 1.807) is 0 Å². The molecule has 0 aromatic carbocycles. The van der Waals surface area contributed by atoms with Gasteiger partial charge in [0, 0.05) is 18.8 Å². The van der Waals surface area contributed by atoms with Gasteiger partial charge in [-0.15, -0.1) is 0 Å². The van der Waals surface area contributed by atoms with E-state index in [4.69, 9.17) is 4.74 Å². The molecule has 21 heavy (non-hydrogen) atoms. The van der Waals surface area contributed by atoms with Crippen molar-refractivity contribution in [2.45, 2.75) is 71.7 Å². The molecule has 0 aromatic heterocycles. The highest BCUT2D eigenvalue weighted by molar-refractivity contribution is 5.66. The topological polar surface area (TPSA) is 66.8 Å². The lowest BCUT2D eigenvalue weighted by molar-refractivity contribution is -0.162. The van der Waals surface area contributed by atoms with E-state index < -0.39 is 17.8 Å². The summed E-state index contributed by atoms with van der Waals surface area (Å²) in [5, 5.41) is 21.4. The van der Waals surface area contributed by atoms with Crippen LogP contribution in [0.25, 0.3) is 0 Å². The van der Waals surface area contributed by atoms with Crippen LogP contribution in [-0.4, -0.2) is 34.0 Å². The fourth-order valence-electron chi connectivity index (χ4n) is 4.29. The lowest BCUT2D eigenvalue weighted by atomic mass is 9.75. The number of hydrogen-bond donors (Lipinski definition) is 2. The van der Waals surface area contributed by atoms with Crippen LogP contribution in [0.4, 0.5) is 0 Å². The van der Waals surface area contributed by atoms with E-state index in [1.165, 1.54) is 12.5 Å². The van der Waals surface area contributed by atoms with Gasteiger partial charge in [-0.05, 0) is 39.0 Å². The minimum atomic E-state index is -0.881. The van der Waals surface area contributed by atoms with Crippen molar-refractivity contribution in [1.29, 1.82) is 0 Å². The number of carbonyl (C=O) groups excluding carboxylic acids is 1. The van der Waals surface area contributed by atoms with E-state index >= 15 is 0 Å². The Hall–Kier alpha value is -0.870. The Bertz CT molecular complexity index is 450. The van der Waals surface area contributed by atoms with Crippen LogP contribution in [0.3, 0.4) is 0 Å². The zero-order valence-electron chi connectivity index (χ0n) is 13.7. The van der Waals surface area contributed by atoms with Gasteiger partial charge < -0.3 is 14.9 Å².